The zero-order chi connectivity index (χ0) is 11.5. The average Bonchev–Trinajstić information content (AvgIpc) is 2.00. The van der Waals surface area contributed by atoms with E-state index in [1.54, 1.807) is 0 Å². The van der Waals surface area contributed by atoms with Gasteiger partial charge in [-0.25, -0.2) is 0 Å². The molecular weight excluding hydrogens is 438 g/mol. The van der Waals surface area contributed by atoms with E-state index < -0.39 is 36.0 Å². The van der Waals surface area contributed by atoms with E-state index in [9.17, 15) is 29.7 Å². The van der Waals surface area contributed by atoms with Gasteiger partial charge in [0.2, 0.25) is 0 Å². The minimum Gasteiger partial charge on any atom is 1.00 e. The molecule has 0 saturated carbocycles. The second-order valence-corrected chi connectivity index (χ2v) is 2.48. The van der Waals surface area contributed by atoms with Crippen LogP contribution < -0.4 is 169 Å². The van der Waals surface area contributed by atoms with Gasteiger partial charge in [-0.05, 0) is 0 Å². The Balaban J connectivity index is -0.0000000563. The largest absolute Gasteiger partial charge is 1.00 e. The summed E-state index contributed by atoms with van der Waals surface area (Å²) < 4.78 is 0. The van der Waals surface area contributed by atoms with Crippen molar-refractivity contribution in [2.24, 2.45) is 0 Å². The number of aliphatic hydroxyl groups excluding tert-OH is 1. The Morgan fingerprint density at radius 1 is 0.950 bits per heavy atom. The van der Waals surface area contributed by atoms with E-state index in [2.05, 4.69) is 0 Å². The molecule has 0 aliphatic rings. The van der Waals surface area contributed by atoms with Crippen LogP contribution in [0.3, 0.4) is 0 Å². The topological polar surface area (TPSA) is 161 Å². The predicted octanol–water partition coefficient (Wildman–Crippen LogP) is -18.0. The minimum atomic E-state index is -3.46. The molecule has 0 aliphatic carbocycles. The van der Waals surface area contributed by atoms with E-state index in [1.807, 2.05) is 0 Å². The zero-order valence-electron chi connectivity index (χ0n) is 9.63. The van der Waals surface area contributed by atoms with E-state index >= 15 is 0 Å². The van der Waals surface area contributed by atoms with E-state index in [4.69, 9.17) is 10.2 Å². The van der Waals surface area contributed by atoms with Gasteiger partial charge < -0.3 is 39.9 Å². The molecule has 0 aliphatic heterocycles. The number of carboxylic acid groups (broad SMARTS) is 3. The van der Waals surface area contributed by atoms with Crippen molar-refractivity contribution < 1.29 is 194 Å². The maximum Gasteiger partial charge on any atom is 1.00 e. The quantitative estimate of drug-likeness (QED) is 0.392. The Morgan fingerprint density at radius 3 is 1.40 bits per heavy atom. The van der Waals surface area contributed by atoms with Crippen LogP contribution in [-0.4, -0.2) is 153 Å². The fourth-order valence-electron chi connectivity index (χ4n) is 0.695. The summed E-state index contributed by atoms with van der Waals surface area (Å²) in [6.07, 6.45) is -4.53. The van der Waals surface area contributed by atoms with Crippen molar-refractivity contribution in [3.63, 3.8) is 0 Å². The number of carbonyl (C=O) groups excluding carboxylic acids is 3. The number of hydrogen-bond donors (Lipinski definition) is 2. The Hall–Kier alpha value is 7.02. The Morgan fingerprint density at radius 2 is 1.25 bits per heavy atom. The zero-order valence-corrected chi connectivity index (χ0v) is 19.0. The normalized spacial score (nSPS) is 11.7. The van der Waals surface area contributed by atoms with Gasteiger partial charge in [0.1, 0.15) is 11.7 Å². The molecule has 2 atom stereocenters. The second-order valence-electron chi connectivity index (χ2n) is 2.48. The van der Waals surface area contributed by atoms with Crippen LogP contribution in [0, 0.1) is 0 Å². The third kappa shape index (κ3) is 18.4. The van der Waals surface area contributed by atoms with Gasteiger partial charge in [0.15, 0.2) is 0 Å². The molecule has 20 heavy (non-hydrogen) atoms. The van der Waals surface area contributed by atoms with E-state index in [-0.39, 0.29) is 267 Å². The molecule has 0 heterocycles. The first-order valence-electron chi connectivity index (χ1n) is 3.24. The third-order valence-electron chi connectivity index (χ3n) is 1.44. The number of carboxylic acids is 3. The molecule has 8 nitrogen and oxygen atoms in total. The summed E-state index contributed by atoms with van der Waals surface area (Å²) in [6.45, 7) is 0. The van der Waals surface area contributed by atoms with Gasteiger partial charge >= 0.3 is 267 Å². The minimum absolute atomic E-state index is 0. The van der Waals surface area contributed by atoms with E-state index in [0.29, 0.717) is 0 Å². The van der Waals surface area contributed by atoms with Crippen LogP contribution >= 0.6 is 0 Å². The van der Waals surface area contributed by atoms with Gasteiger partial charge in [0, 0.05) is 12.4 Å². The third-order valence-corrected chi connectivity index (χ3v) is 1.44. The van der Waals surface area contributed by atoms with Gasteiger partial charge in [-0.1, -0.05) is 0 Å². The number of aliphatic hydroxyl groups is 2. The fraction of sp³-hybridized carbons (Fsp3) is 0.500. The number of hydrogen-bond acceptors (Lipinski definition) is 8. The second kappa shape index (κ2) is 24.1. The van der Waals surface area contributed by atoms with Gasteiger partial charge in [-0.3, -0.25) is 0 Å². The standard InChI is InChI=1S/C6H8O8.3Ca.3K.6H/c7-2(8)1-6(14,5(12)13)3(9)4(10)11;;;;;;;;;;;;/h3,9,14H,1H2,(H,7,8)(H,10,11)(H,12,13);;;;;;;;;;;;/q;;;;3*+1;;;;;;/p-3. The predicted molar refractivity (Wildman–Crippen MR) is 56.2 cm³/mol. The first-order chi connectivity index (χ1) is 6.21. The molecule has 0 aromatic carbocycles. The van der Waals surface area contributed by atoms with Gasteiger partial charge in [0.05, 0.1) is 11.9 Å². The maximum atomic E-state index is 10.2. The van der Waals surface area contributed by atoms with Crippen LogP contribution in [0.15, 0.2) is 0 Å². The van der Waals surface area contributed by atoms with Crippen LogP contribution in [0.25, 0.3) is 0 Å². The monoisotopic (exact) mass is 448 g/mol. The summed E-state index contributed by atoms with van der Waals surface area (Å²) in [5.41, 5.74) is -3.46. The van der Waals surface area contributed by atoms with Crippen molar-refractivity contribution in [3.05, 3.63) is 0 Å². The number of carbonyl (C=O) groups is 3. The maximum absolute atomic E-state index is 10.2. The van der Waals surface area contributed by atoms with Gasteiger partial charge in [-0.15, -0.1) is 0 Å². The summed E-state index contributed by atoms with van der Waals surface area (Å²) in [6, 6.07) is 0. The van der Waals surface area contributed by atoms with E-state index in [0.717, 1.165) is 0 Å². The van der Waals surface area contributed by atoms with Crippen LogP contribution in [0.2, 0.25) is 0 Å². The van der Waals surface area contributed by atoms with E-state index in [1.165, 1.54) is 0 Å². The van der Waals surface area contributed by atoms with Gasteiger partial charge in [-0.2, -0.15) is 0 Å². The smallest absolute Gasteiger partial charge is 1.00 e. The molecule has 2 N–H and O–H groups in total. The summed E-state index contributed by atoms with van der Waals surface area (Å²) in [7, 11) is 0. The summed E-state index contributed by atoms with van der Waals surface area (Å²) in [4.78, 5) is 30.2. The van der Waals surface area contributed by atoms with Crippen molar-refractivity contribution in [2.75, 3.05) is 0 Å². The molecule has 0 saturated heterocycles. The molecule has 0 rings (SSSR count). The molecule has 0 amide bonds. The summed E-state index contributed by atoms with van der Waals surface area (Å²) in [5, 5.41) is 47.8. The molecule has 14 heteroatoms. The van der Waals surface area contributed by atoms with Crippen molar-refractivity contribution >= 4 is 131 Å². The van der Waals surface area contributed by atoms with Crippen LogP contribution in [0.5, 0.6) is 0 Å². The molecule has 0 aromatic rings. The van der Waals surface area contributed by atoms with Crippen LogP contribution in [0.4, 0.5) is 0 Å². The average molecular weight is 449 g/mol. The molecule has 92 valence electrons. The van der Waals surface area contributed by atoms with Crippen LogP contribution in [-0.2, 0) is 14.4 Å². The SMILES string of the molecule is O=C([O-])CC(O)(C(=O)[O-])C(O)C(=O)[O-].[CaH2].[CaH2].[CaH2].[K+].[K+].[K+]. The van der Waals surface area contributed by atoms with Crippen molar-refractivity contribution in [1.29, 1.82) is 0 Å². The fourth-order valence-corrected chi connectivity index (χ4v) is 0.695. The van der Waals surface area contributed by atoms with Crippen molar-refractivity contribution in [1.82, 2.24) is 0 Å². The Labute approximate surface area is 332 Å². The molecular formula is C6H11Ca3K3O8. The molecule has 0 spiro atoms. The van der Waals surface area contributed by atoms with Crippen molar-refractivity contribution in [3.8, 4) is 0 Å². The molecule has 0 fully saturated rings. The Bertz CT molecular complexity index is 295. The number of aliphatic carboxylic acids is 3. The molecule has 2 unspecified atom stereocenters. The van der Waals surface area contributed by atoms with Gasteiger partial charge in [0.25, 0.3) is 0 Å². The first kappa shape index (κ1) is 45.6. The molecule has 0 radical (unpaired) electrons. The molecule has 0 aromatic heterocycles. The van der Waals surface area contributed by atoms with Crippen LogP contribution in [0.1, 0.15) is 6.42 Å². The summed E-state index contributed by atoms with van der Waals surface area (Å²) in [5.74, 6) is -6.84. The summed E-state index contributed by atoms with van der Waals surface area (Å²) >= 11 is 0. The first-order valence-corrected chi connectivity index (χ1v) is 3.24. The van der Waals surface area contributed by atoms with Crippen molar-refractivity contribution in [2.45, 2.75) is 18.1 Å². The molecule has 0 bridgehead atoms. The number of rotatable bonds is 5. The Kier molecular flexibility index (Phi) is 54.9.